The number of hydrogen-bond donors (Lipinski definition) is 2. The molecule has 0 saturated carbocycles. The monoisotopic (exact) mass is 294 g/mol. The van der Waals surface area contributed by atoms with Crippen molar-refractivity contribution in [2.24, 2.45) is 5.84 Å². The molecule has 0 spiro atoms. The van der Waals surface area contributed by atoms with Crippen molar-refractivity contribution in [2.45, 2.75) is 6.18 Å². The second kappa shape index (κ2) is 6.05. The molecule has 0 radical (unpaired) electrons. The highest BCUT2D eigenvalue weighted by atomic mass is 19.4. The fourth-order valence-electron chi connectivity index (χ4n) is 1.53. The molecule has 0 bridgehead atoms. The average Bonchev–Trinajstić information content (AvgIpc) is 2.45. The summed E-state index contributed by atoms with van der Waals surface area (Å²) in [6.07, 6.45) is -4.47. The summed E-state index contributed by atoms with van der Waals surface area (Å²) in [7, 11) is 0. The molecular formula is C9H13F3N6O2. The van der Waals surface area contributed by atoms with E-state index in [2.05, 4.69) is 25.1 Å². The van der Waals surface area contributed by atoms with Gasteiger partial charge in [-0.05, 0) is 0 Å². The van der Waals surface area contributed by atoms with Crippen LogP contribution in [0.4, 0.5) is 25.1 Å². The van der Waals surface area contributed by atoms with Crippen molar-refractivity contribution >= 4 is 11.9 Å². The fraction of sp³-hybridized carbons (Fsp3) is 0.667. The number of nitrogen functional groups attached to an aromatic ring is 1. The predicted molar refractivity (Wildman–Crippen MR) is 62.2 cm³/mol. The molecule has 0 atom stereocenters. The van der Waals surface area contributed by atoms with Crippen molar-refractivity contribution in [3.8, 4) is 6.01 Å². The van der Waals surface area contributed by atoms with Crippen molar-refractivity contribution in [3.63, 3.8) is 0 Å². The number of rotatable bonds is 4. The maximum absolute atomic E-state index is 12.1. The maximum atomic E-state index is 12.1. The van der Waals surface area contributed by atoms with Gasteiger partial charge in [0, 0.05) is 13.1 Å². The molecule has 1 aromatic heterocycles. The number of nitrogens with one attached hydrogen (secondary N) is 1. The van der Waals surface area contributed by atoms with Gasteiger partial charge in [-0.1, -0.05) is 0 Å². The topological polar surface area (TPSA) is 98.4 Å². The van der Waals surface area contributed by atoms with E-state index in [-0.39, 0.29) is 11.9 Å². The van der Waals surface area contributed by atoms with Crippen LogP contribution in [0.15, 0.2) is 0 Å². The fourth-order valence-corrected chi connectivity index (χ4v) is 1.53. The Hall–Kier alpha value is -1.88. The van der Waals surface area contributed by atoms with E-state index in [1.807, 2.05) is 0 Å². The molecular weight excluding hydrogens is 281 g/mol. The molecule has 112 valence electrons. The van der Waals surface area contributed by atoms with Crippen molar-refractivity contribution in [3.05, 3.63) is 0 Å². The first-order chi connectivity index (χ1) is 9.48. The SMILES string of the molecule is NNc1nc(OCC(F)(F)F)nc(N2CCOCC2)n1. The second-order valence-electron chi connectivity index (χ2n) is 3.89. The number of halogens is 3. The van der Waals surface area contributed by atoms with Crippen molar-refractivity contribution in [1.29, 1.82) is 0 Å². The van der Waals surface area contributed by atoms with Gasteiger partial charge in [0.25, 0.3) is 0 Å². The Balaban J connectivity index is 2.15. The van der Waals surface area contributed by atoms with Gasteiger partial charge in [-0.15, -0.1) is 0 Å². The zero-order valence-corrected chi connectivity index (χ0v) is 10.4. The van der Waals surface area contributed by atoms with Crippen LogP contribution in [0.2, 0.25) is 0 Å². The van der Waals surface area contributed by atoms with Crippen LogP contribution in [-0.2, 0) is 4.74 Å². The van der Waals surface area contributed by atoms with Crippen molar-refractivity contribution in [1.82, 2.24) is 15.0 Å². The summed E-state index contributed by atoms with van der Waals surface area (Å²) in [4.78, 5) is 13.2. The van der Waals surface area contributed by atoms with E-state index < -0.39 is 18.8 Å². The van der Waals surface area contributed by atoms with Gasteiger partial charge in [-0.25, -0.2) is 5.84 Å². The van der Waals surface area contributed by atoms with Gasteiger partial charge < -0.3 is 14.4 Å². The smallest absolute Gasteiger partial charge is 0.422 e. The highest BCUT2D eigenvalue weighted by molar-refractivity contribution is 5.38. The van der Waals surface area contributed by atoms with Crippen molar-refractivity contribution < 1.29 is 22.6 Å². The molecule has 1 aromatic rings. The summed E-state index contributed by atoms with van der Waals surface area (Å²) in [5, 5.41) is 0. The van der Waals surface area contributed by atoms with E-state index in [0.29, 0.717) is 26.3 Å². The number of aromatic nitrogens is 3. The van der Waals surface area contributed by atoms with E-state index in [1.54, 1.807) is 4.90 Å². The number of morpholine rings is 1. The van der Waals surface area contributed by atoms with Gasteiger partial charge in [0.2, 0.25) is 11.9 Å². The number of hydrogen-bond acceptors (Lipinski definition) is 8. The van der Waals surface area contributed by atoms with Crippen molar-refractivity contribution in [2.75, 3.05) is 43.2 Å². The molecule has 0 amide bonds. The minimum Gasteiger partial charge on any atom is -0.454 e. The predicted octanol–water partition coefficient (Wildman–Crippen LogP) is -0.0651. The molecule has 2 heterocycles. The summed E-state index contributed by atoms with van der Waals surface area (Å²) in [6.45, 7) is 0.522. The molecule has 1 aliphatic heterocycles. The third-order valence-electron chi connectivity index (χ3n) is 2.39. The second-order valence-corrected chi connectivity index (χ2v) is 3.89. The molecule has 2 rings (SSSR count). The molecule has 0 unspecified atom stereocenters. The first-order valence-corrected chi connectivity index (χ1v) is 5.73. The quantitative estimate of drug-likeness (QED) is 0.588. The van der Waals surface area contributed by atoms with Crippen LogP contribution in [0.1, 0.15) is 0 Å². The summed E-state index contributed by atoms with van der Waals surface area (Å²) in [6, 6.07) is -0.438. The lowest BCUT2D eigenvalue weighted by molar-refractivity contribution is -0.154. The zero-order chi connectivity index (χ0) is 14.6. The Labute approximate surface area is 112 Å². The molecule has 11 heteroatoms. The van der Waals surface area contributed by atoms with Crippen LogP contribution < -0.4 is 20.9 Å². The number of ether oxygens (including phenoxy) is 2. The molecule has 8 nitrogen and oxygen atoms in total. The van der Waals surface area contributed by atoms with E-state index in [1.165, 1.54) is 0 Å². The number of anilines is 2. The first kappa shape index (κ1) is 14.5. The summed E-state index contributed by atoms with van der Waals surface area (Å²) < 4.78 is 46.0. The Morgan fingerprint density at radius 1 is 1.25 bits per heavy atom. The number of nitrogens with zero attached hydrogens (tertiary/aromatic N) is 4. The van der Waals surface area contributed by atoms with E-state index in [0.717, 1.165) is 0 Å². The molecule has 3 N–H and O–H groups in total. The lowest BCUT2D eigenvalue weighted by Gasteiger charge is -2.26. The zero-order valence-electron chi connectivity index (χ0n) is 10.4. The van der Waals surface area contributed by atoms with Crippen LogP contribution >= 0.6 is 0 Å². The molecule has 20 heavy (non-hydrogen) atoms. The van der Waals surface area contributed by atoms with Crippen LogP contribution in [0.3, 0.4) is 0 Å². The minimum absolute atomic E-state index is 0.0707. The Morgan fingerprint density at radius 3 is 2.55 bits per heavy atom. The summed E-state index contributed by atoms with van der Waals surface area (Å²) in [5.41, 5.74) is 2.16. The van der Waals surface area contributed by atoms with Crippen LogP contribution in [-0.4, -0.2) is 54.0 Å². The molecule has 1 aliphatic rings. The van der Waals surface area contributed by atoms with E-state index in [4.69, 9.17) is 10.6 Å². The lowest BCUT2D eigenvalue weighted by atomic mass is 10.4. The van der Waals surface area contributed by atoms with Gasteiger partial charge in [-0.3, -0.25) is 5.43 Å². The Morgan fingerprint density at radius 2 is 1.95 bits per heavy atom. The van der Waals surface area contributed by atoms with E-state index >= 15 is 0 Å². The van der Waals surface area contributed by atoms with Gasteiger partial charge >= 0.3 is 12.2 Å². The van der Waals surface area contributed by atoms with Crippen LogP contribution in [0.5, 0.6) is 6.01 Å². The third-order valence-corrected chi connectivity index (χ3v) is 2.39. The number of nitrogens with two attached hydrogens (primary N) is 1. The standard InChI is InChI=1S/C9H13F3N6O2/c10-9(11,12)5-20-8-15-6(17-13)14-7(16-8)18-1-3-19-4-2-18/h1-5,13H2,(H,14,15,16,17). The number of hydrazine groups is 1. The summed E-state index contributed by atoms with van der Waals surface area (Å²) >= 11 is 0. The number of alkyl halides is 3. The molecule has 1 fully saturated rings. The maximum Gasteiger partial charge on any atom is 0.422 e. The van der Waals surface area contributed by atoms with Gasteiger partial charge in [0.1, 0.15) is 0 Å². The normalized spacial score (nSPS) is 16.1. The lowest BCUT2D eigenvalue weighted by Crippen LogP contribution is -2.37. The molecule has 0 aromatic carbocycles. The first-order valence-electron chi connectivity index (χ1n) is 5.73. The Kier molecular flexibility index (Phi) is 4.39. The molecule has 0 aliphatic carbocycles. The minimum atomic E-state index is -4.47. The van der Waals surface area contributed by atoms with Gasteiger partial charge in [-0.2, -0.15) is 28.1 Å². The van der Waals surface area contributed by atoms with Gasteiger partial charge in [0.05, 0.1) is 13.2 Å². The molecule has 1 saturated heterocycles. The largest absolute Gasteiger partial charge is 0.454 e. The third kappa shape index (κ3) is 4.06. The van der Waals surface area contributed by atoms with Crippen LogP contribution in [0.25, 0.3) is 0 Å². The average molecular weight is 294 g/mol. The van der Waals surface area contributed by atoms with E-state index in [9.17, 15) is 13.2 Å². The highest BCUT2D eigenvalue weighted by Gasteiger charge is 2.29. The van der Waals surface area contributed by atoms with Crippen LogP contribution in [0, 0.1) is 0 Å². The highest BCUT2D eigenvalue weighted by Crippen LogP contribution is 2.19. The van der Waals surface area contributed by atoms with Gasteiger partial charge in [0.15, 0.2) is 6.61 Å². The Bertz CT molecular complexity index is 452. The summed E-state index contributed by atoms with van der Waals surface area (Å²) in [5.74, 6) is 5.29.